The Morgan fingerprint density at radius 1 is 1.32 bits per heavy atom. The average Bonchev–Trinajstić information content (AvgIpc) is 3.33. The van der Waals surface area contributed by atoms with E-state index in [9.17, 15) is 13.2 Å². The summed E-state index contributed by atoms with van der Waals surface area (Å²) in [5.41, 5.74) is 0.294. The molecule has 1 aliphatic heterocycles. The minimum Gasteiger partial charge on any atom is -0.345 e. The minimum absolute atomic E-state index is 0.155. The molecule has 0 bridgehead atoms. The highest BCUT2D eigenvalue weighted by Gasteiger charge is 2.29. The Morgan fingerprint density at radius 2 is 2.04 bits per heavy atom. The molecule has 1 saturated carbocycles. The van der Waals surface area contributed by atoms with Crippen LogP contribution in [0.5, 0.6) is 0 Å². The van der Waals surface area contributed by atoms with E-state index in [-0.39, 0.29) is 17.3 Å². The number of piperidine rings is 1. The lowest BCUT2D eigenvalue weighted by Gasteiger charge is -2.25. The maximum atomic E-state index is 12.8. The molecule has 0 radical (unpaired) electrons. The lowest BCUT2D eigenvalue weighted by Crippen LogP contribution is -2.35. The summed E-state index contributed by atoms with van der Waals surface area (Å²) in [5, 5.41) is 9.78. The van der Waals surface area contributed by atoms with E-state index in [4.69, 9.17) is 12.2 Å². The van der Waals surface area contributed by atoms with Gasteiger partial charge in [-0.05, 0) is 44.0 Å². The van der Waals surface area contributed by atoms with E-state index in [1.54, 1.807) is 11.6 Å². The first kappa shape index (κ1) is 19.3. The Hall–Kier alpha value is -1.98. The van der Waals surface area contributed by atoms with Gasteiger partial charge in [0.25, 0.3) is 5.91 Å². The molecular formula is C17H24N6O3S2. The van der Waals surface area contributed by atoms with Crippen LogP contribution in [0.2, 0.25) is 0 Å². The van der Waals surface area contributed by atoms with E-state index >= 15 is 0 Å². The van der Waals surface area contributed by atoms with Crippen molar-refractivity contribution in [3.63, 3.8) is 0 Å². The van der Waals surface area contributed by atoms with Gasteiger partial charge in [-0.2, -0.15) is 9.40 Å². The van der Waals surface area contributed by atoms with Crippen molar-refractivity contribution in [1.82, 2.24) is 29.0 Å². The van der Waals surface area contributed by atoms with E-state index in [1.807, 2.05) is 4.57 Å². The molecule has 11 heteroatoms. The van der Waals surface area contributed by atoms with Crippen molar-refractivity contribution in [2.75, 3.05) is 13.1 Å². The Labute approximate surface area is 168 Å². The van der Waals surface area contributed by atoms with Gasteiger partial charge < -0.3 is 9.88 Å². The summed E-state index contributed by atoms with van der Waals surface area (Å²) in [4.78, 5) is 12.8. The lowest BCUT2D eigenvalue weighted by molar-refractivity contribution is 0.0941. The maximum absolute atomic E-state index is 12.8. The largest absolute Gasteiger partial charge is 0.345 e. The van der Waals surface area contributed by atoms with Crippen LogP contribution in [0.3, 0.4) is 0 Å². The molecule has 3 heterocycles. The van der Waals surface area contributed by atoms with Crippen LogP contribution in [-0.2, 0) is 23.6 Å². The predicted molar refractivity (Wildman–Crippen MR) is 105 cm³/mol. The molecule has 9 nitrogen and oxygen atoms in total. The summed E-state index contributed by atoms with van der Waals surface area (Å²) in [6.07, 6.45) is 6.41. The summed E-state index contributed by atoms with van der Waals surface area (Å²) in [6.45, 7) is 1.28. The first-order chi connectivity index (χ1) is 13.4. The normalized spacial score (nSPS) is 18.3. The number of aromatic amines is 1. The van der Waals surface area contributed by atoms with Gasteiger partial charge in [0.15, 0.2) is 10.6 Å². The van der Waals surface area contributed by atoms with E-state index < -0.39 is 10.0 Å². The van der Waals surface area contributed by atoms with Crippen LogP contribution in [0.4, 0.5) is 0 Å². The van der Waals surface area contributed by atoms with Gasteiger partial charge in [-0.3, -0.25) is 14.5 Å². The SMILES string of the molecule is Cn1cc(S(=O)(=O)N2CCCCC2)cc1C(=O)NCc1n[nH]c(=S)n1C1CC1. The molecular weight excluding hydrogens is 400 g/mol. The second-order valence-electron chi connectivity index (χ2n) is 7.37. The van der Waals surface area contributed by atoms with Crippen molar-refractivity contribution in [1.29, 1.82) is 0 Å². The zero-order valence-corrected chi connectivity index (χ0v) is 17.4. The molecule has 28 heavy (non-hydrogen) atoms. The second-order valence-corrected chi connectivity index (χ2v) is 9.69. The highest BCUT2D eigenvalue weighted by molar-refractivity contribution is 7.89. The molecule has 2 aliphatic rings. The fourth-order valence-electron chi connectivity index (χ4n) is 3.58. The summed E-state index contributed by atoms with van der Waals surface area (Å²) >= 11 is 5.25. The number of carbonyl (C=O) groups excluding carboxylic acids is 1. The van der Waals surface area contributed by atoms with Gasteiger partial charge >= 0.3 is 0 Å². The first-order valence-corrected chi connectivity index (χ1v) is 11.3. The molecule has 1 amide bonds. The van der Waals surface area contributed by atoms with Crippen LogP contribution in [0.15, 0.2) is 17.2 Å². The van der Waals surface area contributed by atoms with E-state index in [2.05, 4.69) is 15.5 Å². The standard InChI is InChI=1S/C17H24N6O3S2/c1-21-11-13(28(25,26)22-7-3-2-4-8-22)9-14(21)16(24)18-10-15-19-20-17(27)23(15)12-5-6-12/h9,11-12H,2-8,10H2,1H3,(H,18,24)(H,20,27). The van der Waals surface area contributed by atoms with Gasteiger partial charge in [0.2, 0.25) is 10.0 Å². The quantitative estimate of drug-likeness (QED) is 0.687. The third kappa shape index (κ3) is 3.65. The number of rotatable bonds is 6. The van der Waals surface area contributed by atoms with Crippen LogP contribution < -0.4 is 5.32 Å². The molecule has 152 valence electrons. The van der Waals surface area contributed by atoms with Crippen LogP contribution in [0, 0.1) is 4.77 Å². The van der Waals surface area contributed by atoms with Gasteiger partial charge in [0.05, 0.1) is 6.54 Å². The molecule has 1 aliphatic carbocycles. The zero-order chi connectivity index (χ0) is 19.9. The molecule has 0 spiro atoms. The molecule has 0 atom stereocenters. The minimum atomic E-state index is -3.57. The lowest BCUT2D eigenvalue weighted by atomic mass is 10.2. The first-order valence-electron chi connectivity index (χ1n) is 9.48. The van der Waals surface area contributed by atoms with Gasteiger partial charge in [0.1, 0.15) is 10.6 Å². The second kappa shape index (κ2) is 7.45. The monoisotopic (exact) mass is 424 g/mol. The maximum Gasteiger partial charge on any atom is 0.268 e. The van der Waals surface area contributed by atoms with Crippen molar-refractivity contribution in [3.05, 3.63) is 28.6 Å². The predicted octanol–water partition coefficient (Wildman–Crippen LogP) is 1.72. The Bertz CT molecular complexity index is 1040. The number of H-pyrrole nitrogens is 1. The molecule has 1 saturated heterocycles. The molecule has 2 fully saturated rings. The van der Waals surface area contributed by atoms with Crippen LogP contribution in [0.25, 0.3) is 0 Å². The van der Waals surface area contributed by atoms with E-state index in [0.717, 1.165) is 32.1 Å². The Morgan fingerprint density at radius 3 is 2.71 bits per heavy atom. The topological polar surface area (TPSA) is 105 Å². The van der Waals surface area contributed by atoms with Crippen LogP contribution in [-0.4, -0.2) is 51.1 Å². The van der Waals surface area contributed by atoms with Gasteiger partial charge in [-0.15, -0.1) is 0 Å². The third-order valence-corrected chi connectivity index (χ3v) is 7.41. The molecule has 0 aromatic carbocycles. The average molecular weight is 425 g/mol. The van der Waals surface area contributed by atoms with Crippen LogP contribution >= 0.6 is 12.2 Å². The van der Waals surface area contributed by atoms with Crippen molar-refractivity contribution in [3.8, 4) is 0 Å². The third-order valence-electron chi connectivity index (χ3n) is 5.26. The number of aryl methyl sites for hydroxylation is 1. The number of sulfonamides is 1. The van der Waals surface area contributed by atoms with E-state index in [1.165, 1.54) is 16.6 Å². The zero-order valence-electron chi connectivity index (χ0n) is 15.7. The number of nitrogens with one attached hydrogen (secondary N) is 2. The van der Waals surface area contributed by atoms with Crippen molar-refractivity contribution < 1.29 is 13.2 Å². The van der Waals surface area contributed by atoms with Crippen molar-refractivity contribution >= 4 is 28.1 Å². The van der Waals surface area contributed by atoms with Crippen LogP contribution in [0.1, 0.15) is 54.5 Å². The molecule has 4 rings (SSSR count). The fraction of sp³-hybridized carbons (Fsp3) is 0.588. The summed E-state index contributed by atoms with van der Waals surface area (Å²) in [6, 6.07) is 1.80. The molecule has 0 unspecified atom stereocenters. The Kier molecular flexibility index (Phi) is 5.15. The fourth-order valence-corrected chi connectivity index (χ4v) is 5.47. The number of carbonyl (C=O) groups is 1. The van der Waals surface area contributed by atoms with E-state index in [0.29, 0.717) is 35.4 Å². The number of hydrogen-bond acceptors (Lipinski definition) is 5. The van der Waals surface area contributed by atoms with Gasteiger partial charge in [-0.25, -0.2) is 8.42 Å². The summed E-state index contributed by atoms with van der Waals surface area (Å²) in [5.74, 6) is 0.329. The summed E-state index contributed by atoms with van der Waals surface area (Å²) in [7, 11) is -1.90. The highest BCUT2D eigenvalue weighted by atomic mass is 32.2. The number of hydrogen-bond donors (Lipinski definition) is 2. The Balaban J connectivity index is 1.49. The number of aromatic nitrogens is 4. The molecule has 2 N–H and O–H groups in total. The smallest absolute Gasteiger partial charge is 0.268 e. The molecule has 2 aromatic heterocycles. The van der Waals surface area contributed by atoms with Crippen molar-refractivity contribution in [2.45, 2.75) is 49.6 Å². The number of amides is 1. The number of nitrogens with zero attached hydrogens (tertiary/aromatic N) is 4. The molecule has 2 aromatic rings. The van der Waals surface area contributed by atoms with Gasteiger partial charge in [-0.1, -0.05) is 6.42 Å². The summed E-state index contributed by atoms with van der Waals surface area (Å²) < 4.78 is 31.2. The highest BCUT2D eigenvalue weighted by Crippen LogP contribution is 2.35. The van der Waals surface area contributed by atoms with Gasteiger partial charge in [0, 0.05) is 32.4 Å². The van der Waals surface area contributed by atoms with Crippen molar-refractivity contribution in [2.24, 2.45) is 7.05 Å².